The Morgan fingerprint density at radius 1 is 1.27 bits per heavy atom. The number of hydrogen-bond donors (Lipinski definition) is 1. The topological polar surface area (TPSA) is 69.2 Å². The van der Waals surface area contributed by atoms with Crippen molar-refractivity contribution in [3.05, 3.63) is 50.6 Å². The summed E-state index contributed by atoms with van der Waals surface area (Å²) in [5, 5.41) is 4.54. The van der Waals surface area contributed by atoms with Crippen molar-refractivity contribution in [3.63, 3.8) is 0 Å². The van der Waals surface area contributed by atoms with Gasteiger partial charge in [0.25, 0.3) is 5.91 Å². The van der Waals surface area contributed by atoms with Gasteiger partial charge < -0.3 is 14.2 Å². The number of methoxy groups -OCH3 is 1. The first kappa shape index (κ1) is 20.3. The summed E-state index contributed by atoms with van der Waals surface area (Å²) in [6, 6.07) is 10.4. The third-order valence-electron chi connectivity index (χ3n) is 3.13. The maximum absolute atomic E-state index is 11.8. The van der Waals surface area contributed by atoms with Crippen LogP contribution >= 0.6 is 34.2 Å². The number of carbonyl (C=O) groups is 1. The number of rotatable bonds is 8. The van der Waals surface area contributed by atoms with Crippen LogP contribution in [0.4, 0.5) is 0 Å². The lowest BCUT2D eigenvalue weighted by Gasteiger charge is -2.12. The monoisotopic (exact) mass is 488 g/mol. The molecule has 2 aromatic carbocycles. The van der Waals surface area contributed by atoms with Crippen LogP contribution < -0.4 is 19.6 Å². The van der Waals surface area contributed by atoms with Crippen molar-refractivity contribution in [1.82, 2.24) is 5.43 Å². The molecule has 0 heterocycles. The second kappa shape index (κ2) is 10.2. The van der Waals surface area contributed by atoms with Crippen molar-refractivity contribution in [3.8, 4) is 17.2 Å². The second-order valence-corrected chi connectivity index (χ2v) is 6.60. The summed E-state index contributed by atoms with van der Waals surface area (Å²) in [6.45, 7) is 2.30. The molecule has 0 bridgehead atoms. The summed E-state index contributed by atoms with van der Waals surface area (Å²) in [5.74, 6) is 1.48. The van der Waals surface area contributed by atoms with Crippen LogP contribution in [0.5, 0.6) is 17.2 Å². The molecule has 0 unspecified atom stereocenters. The molecule has 26 heavy (non-hydrogen) atoms. The first-order chi connectivity index (χ1) is 12.5. The smallest absolute Gasteiger partial charge is 0.277 e. The molecule has 6 nitrogen and oxygen atoms in total. The molecule has 138 valence electrons. The predicted octanol–water partition coefficient (Wildman–Crippen LogP) is 3.88. The van der Waals surface area contributed by atoms with Crippen LogP contribution in [0.25, 0.3) is 0 Å². The highest BCUT2D eigenvalue weighted by atomic mass is 127. The van der Waals surface area contributed by atoms with Gasteiger partial charge in [-0.1, -0.05) is 11.6 Å². The number of amides is 1. The second-order valence-electron chi connectivity index (χ2n) is 5.00. The summed E-state index contributed by atoms with van der Waals surface area (Å²) in [4.78, 5) is 11.8. The Morgan fingerprint density at radius 2 is 2.00 bits per heavy atom. The van der Waals surface area contributed by atoms with E-state index in [1.54, 1.807) is 37.4 Å². The van der Waals surface area contributed by atoms with Gasteiger partial charge in [0.15, 0.2) is 18.1 Å². The number of nitrogens with one attached hydrogen (secondary N) is 1. The van der Waals surface area contributed by atoms with Gasteiger partial charge in [-0.2, -0.15) is 5.10 Å². The van der Waals surface area contributed by atoms with E-state index in [9.17, 15) is 4.79 Å². The third kappa shape index (κ3) is 6.06. The van der Waals surface area contributed by atoms with Crippen molar-refractivity contribution in [1.29, 1.82) is 0 Å². The molecule has 1 amide bonds. The lowest BCUT2D eigenvalue weighted by Crippen LogP contribution is -2.24. The molecule has 0 saturated heterocycles. The van der Waals surface area contributed by atoms with Crippen LogP contribution in [0.1, 0.15) is 12.5 Å². The molecule has 2 rings (SSSR count). The Hall–Kier alpha value is -2.00. The number of benzene rings is 2. The number of ether oxygens (including phenoxy) is 3. The number of hydrogen-bond acceptors (Lipinski definition) is 5. The Kier molecular flexibility index (Phi) is 7.99. The van der Waals surface area contributed by atoms with Crippen molar-refractivity contribution in [2.45, 2.75) is 6.92 Å². The van der Waals surface area contributed by atoms with Gasteiger partial charge in [-0.15, -0.1) is 0 Å². The molecule has 0 aliphatic carbocycles. The summed E-state index contributed by atoms with van der Waals surface area (Å²) >= 11 is 7.95. The highest BCUT2D eigenvalue weighted by molar-refractivity contribution is 14.1. The Balaban J connectivity index is 1.91. The highest BCUT2D eigenvalue weighted by Gasteiger charge is 2.10. The predicted molar refractivity (Wildman–Crippen MR) is 110 cm³/mol. The lowest BCUT2D eigenvalue weighted by molar-refractivity contribution is -0.123. The third-order valence-corrected chi connectivity index (χ3v) is 4.18. The molecule has 1 N–H and O–H groups in total. The first-order valence-corrected chi connectivity index (χ1v) is 9.19. The molecular weight excluding hydrogens is 471 g/mol. The Bertz CT molecular complexity index is 782. The van der Waals surface area contributed by atoms with Crippen molar-refractivity contribution in [2.75, 3.05) is 20.3 Å². The van der Waals surface area contributed by atoms with E-state index in [2.05, 4.69) is 33.1 Å². The van der Waals surface area contributed by atoms with E-state index in [-0.39, 0.29) is 12.5 Å². The fraction of sp³-hybridized carbons (Fsp3) is 0.222. The maximum Gasteiger partial charge on any atom is 0.277 e. The minimum Gasteiger partial charge on any atom is -0.493 e. The van der Waals surface area contributed by atoms with E-state index in [4.69, 9.17) is 25.8 Å². The molecule has 8 heteroatoms. The van der Waals surface area contributed by atoms with E-state index in [1.165, 1.54) is 6.21 Å². The first-order valence-electron chi connectivity index (χ1n) is 7.74. The van der Waals surface area contributed by atoms with Crippen molar-refractivity contribution < 1.29 is 19.0 Å². The zero-order chi connectivity index (χ0) is 18.9. The van der Waals surface area contributed by atoms with Crippen molar-refractivity contribution in [2.24, 2.45) is 5.10 Å². The van der Waals surface area contributed by atoms with Crippen LogP contribution in [-0.2, 0) is 4.79 Å². The van der Waals surface area contributed by atoms with Gasteiger partial charge in [0.1, 0.15) is 5.75 Å². The van der Waals surface area contributed by atoms with Crippen LogP contribution in [0.2, 0.25) is 5.02 Å². The van der Waals surface area contributed by atoms with Gasteiger partial charge in [-0.25, -0.2) is 5.43 Å². The maximum atomic E-state index is 11.8. The van der Waals surface area contributed by atoms with Gasteiger partial charge in [-0.3, -0.25) is 4.79 Å². The minimum atomic E-state index is -0.371. The van der Waals surface area contributed by atoms with Gasteiger partial charge in [-0.05, 0) is 71.5 Å². The van der Waals surface area contributed by atoms with Crippen molar-refractivity contribution >= 4 is 46.3 Å². The molecule has 0 radical (unpaired) electrons. The molecule has 2 aromatic rings. The van der Waals surface area contributed by atoms with E-state index in [1.807, 2.05) is 13.0 Å². The summed E-state index contributed by atoms with van der Waals surface area (Å²) in [7, 11) is 1.57. The van der Waals surface area contributed by atoms with Gasteiger partial charge in [0.05, 0.1) is 23.5 Å². The van der Waals surface area contributed by atoms with Crippen LogP contribution in [0.3, 0.4) is 0 Å². The quantitative estimate of drug-likeness (QED) is 0.348. The molecule has 0 fully saturated rings. The van der Waals surface area contributed by atoms with Crippen LogP contribution in [-0.4, -0.2) is 32.4 Å². The fourth-order valence-corrected chi connectivity index (χ4v) is 2.90. The van der Waals surface area contributed by atoms with Gasteiger partial charge in [0, 0.05) is 5.02 Å². The minimum absolute atomic E-state index is 0.150. The Morgan fingerprint density at radius 3 is 2.65 bits per heavy atom. The average Bonchev–Trinajstić information content (AvgIpc) is 2.63. The molecule has 0 spiro atoms. The van der Waals surface area contributed by atoms with Gasteiger partial charge >= 0.3 is 0 Å². The van der Waals surface area contributed by atoms with Gasteiger partial charge in [0.2, 0.25) is 0 Å². The molecule has 0 saturated carbocycles. The molecule has 0 atom stereocenters. The summed E-state index contributed by atoms with van der Waals surface area (Å²) in [6.07, 6.45) is 1.53. The van der Waals surface area contributed by atoms with Crippen LogP contribution in [0.15, 0.2) is 41.5 Å². The van der Waals surface area contributed by atoms with E-state index in [0.29, 0.717) is 28.9 Å². The number of halogens is 2. The Labute approximate surface area is 170 Å². The SMILES string of the molecule is CCOc1c(I)cc(/C=N/NC(=O)COc2ccc(Cl)cc2)cc1OC. The van der Waals surface area contributed by atoms with E-state index < -0.39 is 0 Å². The summed E-state index contributed by atoms with van der Waals surface area (Å²) < 4.78 is 17.1. The van der Waals surface area contributed by atoms with E-state index in [0.717, 1.165) is 9.13 Å². The number of hydrazone groups is 1. The lowest BCUT2D eigenvalue weighted by atomic mass is 10.2. The zero-order valence-electron chi connectivity index (χ0n) is 14.3. The number of carbonyl (C=O) groups excluding carboxylic acids is 1. The average molecular weight is 489 g/mol. The zero-order valence-corrected chi connectivity index (χ0v) is 17.2. The molecule has 0 aliphatic rings. The fourth-order valence-electron chi connectivity index (χ4n) is 1.99. The molecular formula is C18H18ClIN2O4. The van der Waals surface area contributed by atoms with Crippen LogP contribution in [0, 0.1) is 3.57 Å². The molecule has 0 aliphatic heterocycles. The normalized spacial score (nSPS) is 10.6. The standard InChI is InChI=1S/C18H18ClIN2O4/c1-3-25-18-15(20)8-12(9-16(18)24-2)10-21-22-17(23)11-26-14-6-4-13(19)5-7-14/h4-10H,3,11H2,1-2H3,(H,22,23)/b21-10+. The van der Waals surface area contributed by atoms with E-state index >= 15 is 0 Å². The number of nitrogens with zero attached hydrogens (tertiary/aromatic N) is 1. The molecule has 0 aromatic heterocycles. The largest absolute Gasteiger partial charge is 0.493 e. The highest BCUT2D eigenvalue weighted by Crippen LogP contribution is 2.33. The summed E-state index contributed by atoms with van der Waals surface area (Å²) in [5.41, 5.74) is 3.19.